The molecule has 680 valence electrons. The summed E-state index contributed by atoms with van der Waals surface area (Å²) in [7, 11) is 0. The van der Waals surface area contributed by atoms with E-state index in [0.29, 0.717) is 119 Å². The molecular formula is C106H113N7O18. The largest absolute Gasteiger partial charge is 0.379 e. The predicted molar refractivity (Wildman–Crippen MR) is 513 cm³/mol. The minimum atomic E-state index is -1.40. The standard InChI is InChI=1S/C106H113N7O18/c107-39-43-122-47-51-126-55-59-130-63-61-129-58-54-125-50-46-121-42-38-94(115)110-90(66-82-26-22-78-18-14-70-6-2-10-74-30-34-86(82)100(78)96(70)74)104(117)112-92(68-84-28-24-80-20-16-72-8-4-12-76-32-36-88(84)102(80)98(72)76)106(119)113-91(67-83-27-23-79-19-15-71-7-3-11-75-31-35-87(83)101(79)97(71)75)105(118)111-89(65-81-25-21-77-17-13-69-5-1-9-73-29-33-85(81)99(77)95(69)73)103(116)109-40-44-123-48-52-127-56-60-131-64-62-128-57-53-124-49-45-120-41-37-93(108)114/h1-36,89-92H,37-68,107H2,(H2,108,114)(H,109,116)(H,110,115)(H,111,118)(H,112,117)(H,113,119). The lowest BCUT2D eigenvalue weighted by Gasteiger charge is -2.28. The summed E-state index contributed by atoms with van der Waals surface area (Å²) in [5.74, 6) is -3.34. The third-order valence-electron chi connectivity index (χ3n) is 24.2. The number of carbonyl (C=O) groups is 6. The molecular weight excluding hydrogens is 1660 g/mol. The zero-order valence-corrected chi connectivity index (χ0v) is 73.7. The highest BCUT2D eigenvalue weighted by Gasteiger charge is 2.35. The van der Waals surface area contributed by atoms with Crippen molar-refractivity contribution in [3.05, 3.63) is 241 Å². The summed E-state index contributed by atoms with van der Waals surface area (Å²) in [6, 6.07) is 69.2. The van der Waals surface area contributed by atoms with E-state index < -0.39 is 59.6 Å². The van der Waals surface area contributed by atoms with E-state index >= 15 is 19.2 Å². The second kappa shape index (κ2) is 46.2. The summed E-state index contributed by atoms with van der Waals surface area (Å²) in [5, 5.41) is 40.3. The molecule has 0 spiro atoms. The van der Waals surface area contributed by atoms with Crippen LogP contribution in [0.2, 0.25) is 0 Å². The Morgan fingerprint density at radius 2 is 0.443 bits per heavy atom. The average Bonchev–Trinajstić information content (AvgIpc) is 0.756. The van der Waals surface area contributed by atoms with Gasteiger partial charge < -0.3 is 94.9 Å². The van der Waals surface area contributed by atoms with Crippen molar-refractivity contribution in [3.8, 4) is 0 Å². The first kappa shape index (κ1) is 92.3. The van der Waals surface area contributed by atoms with Crippen LogP contribution >= 0.6 is 0 Å². The third-order valence-corrected chi connectivity index (χ3v) is 24.2. The van der Waals surface area contributed by atoms with Crippen LogP contribution in [0.1, 0.15) is 35.1 Å². The van der Waals surface area contributed by atoms with Crippen LogP contribution in [0, 0.1) is 0 Å². The van der Waals surface area contributed by atoms with Crippen molar-refractivity contribution in [3.63, 3.8) is 0 Å². The Morgan fingerprint density at radius 3 is 0.710 bits per heavy atom. The first-order valence-corrected chi connectivity index (χ1v) is 45.4. The maximum absolute atomic E-state index is 16.6. The van der Waals surface area contributed by atoms with Gasteiger partial charge in [0.15, 0.2) is 0 Å². The minimum Gasteiger partial charge on any atom is -0.379 e. The fraction of sp³-hybridized carbons (Fsp3) is 0.340. The van der Waals surface area contributed by atoms with E-state index in [1.807, 2.05) is 66.7 Å². The molecule has 0 aliphatic heterocycles. The molecule has 6 amide bonds. The van der Waals surface area contributed by atoms with Gasteiger partial charge in [-0.2, -0.15) is 0 Å². The van der Waals surface area contributed by atoms with Crippen LogP contribution in [0.15, 0.2) is 218 Å². The number of hydrogen-bond donors (Lipinski definition) is 7. The number of amides is 6. The fourth-order valence-electron chi connectivity index (χ4n) is 17.9. The van der Waals surface area contributed by atoms with Crippen molar-refractivity contribution in [2.75, 3.05) is 172 Å². The molecule has 131 heavy (non-hydrogen) atoms. The van der Waals surface area contributed by atoms with Crippen LogP contribution in [0.3, 0.4) is 0 Å². The Balaban J connectivity index is 0.661. The molecule has 16 aromatic rings. The Labute approximate surface area is 759 Å². The topological polar surface area (TPSA) is 325 Å². The summed E-state index contributed by atoms with van der Waals surface area (Å²) >= 11 is 0. The van der Waals surface area contributed by atoms with Gasteiger partial charge in [0.1, 0.15) is 24.2 Å². The monoisotopic (exact) mass is 1770 g/mol. The molecule has 0 aliphatic carbocycles. The maximum atomic E-state index is 16.6. The molecule has 25 heteroatoms. The van der Waals surface area contributed by atoms with Gasteiger partial charge in [-0.1, -0.05) is 218 Å². The third kappa shape index (κ3) is 23.3. The molecule has 9 N–H and O–H groups in total. The van der Waals surface area contributed by atoms with Crippen molar-refractivity contribution in [1.82, 2.24) is 26.6 Å². The van der Waals surface area contributed by atoms with Crippen LogP contribution < -0.4 is 38.1 Å². The number of nitrogens with one attached hydrogen (secondary N) is 5. The van der Waals surface area contributed by atoms with Gasteiger partial charge in [-0.05, 0) is 152 Å². The Morgan fingerprint density at radius 1 is 0.229 bits per heavy atom. The van der Waals surface area contributed by atoms with Gasteiger partial charge in [0.25, 0.3) is 0 Å². The van der Waals surface area contributed by atoms with Gasteiger partial charge >= 0.3 is 0 Å². The zero-order valence-electron chi connectivity index (χ0n) is 73.7. The Kier molecular flexibility index (Phi) is 32.5. The normalized spacial score (nSPS) is 13.0. The molecule has 16 aromatic carbocycles. The number of hydrogen-bond acceptors (Lipinski definition) is 19. The number of carbonyl (C=O) groups excluding carboxylic acids is 6. The summed E-state index contributed by atoms with van der Waals surface area (Å²) < 4.78 is 67.8. The smallest absolute Gasteiger partial charge is 0.243 e. The Bertz CT molecular complexity index is 6470. The van der Waals surface area contributed by atoms with Crippen molar-refractivity contribution in [2.24, 2.45) is 11.5 Å². The molecule has 0 aliphatic rings. The van der Waals surface area contributed by atoms with Crippen LogP contribution in [-0.4, -0.2) is 231 Å². The van der Waals surface area contributed by atoms with Crippen molar-refractivity contribution in [2.45, 2.75) is 62.7 Å². The van der Waals surface area contributed by atoms with E-state index in [9.17, 15) is 9.59 Å². The maximum Gasteiger partial charge on any atom is 0.243 e. The average molecular weight is 1770 g/mol. The number of benzene rings is 16. The van der Waals surface area contributed by atoms with Crippen molar-refractivity contribution in [1.29, 1.82) is 0 Å². The summed E-state index contributed by atoms with van der Waals surface area (Å²) in [4.78, 5) is 90.2. The second-order valence-corrected chi connectivity index (χ2v) is 32.8. The highest BCUT2D eigenvalue weighted by atomic mass is 16.6. The predicted octanol–water partition coefficient (Wildman–Crippen LogP) is 13.0. The summed E-state index contributed by atoms with van der Waals surface area (Å²) in [6.45, 7) is 8.57. The molecule has 0 aromatic heterocycles. The van der Waals surface area contributed by atoms with Gasteiger partial charge in [-0.3, -0.25) is 28.8 Å². The molecule has 0 saturated heterocycles. The highest BCUT2D eigenvalue weighted by Crippen LogP contribution is 2.42. The van der Waals surface area contributed by atoms with E-state index in [4.69, 9.17) is 68.3 Å². The fourth-order valence-corrected chi connectivity index (χ4v) is 17.9. The van der Waals surface area contributed by atoms with Crippen LogP contribution in [0.25, 0.3) is 129 Å². The quantitative estimate of drug-likeness (QED) is 0.0138. The molecule has 0 radical (unpaired) electrons. The number of rotatable bonds is 57. The first-order valence-electron chi connectivity index (χ1n) is 45.4. The van der Waals surface area contributed by atoms with Crippen molar-refractivity contribution < 1.29 is 85.6 Å². The molecule has 4 atom stereocenters. The van der Waals surface area contributed by atoms with E-state index in [2.05, 4.69) is 178 Å². The summed E-state index contributed by atoms with van der Waals surface area (Å²) in [6.07, 6.45) is 0.0143. The molecule has 25 nitrogen and oxygen atoms in total. The zero-order chi connectivity index (χ0) is 90.0. The lowest BCUT2D eigenvalue weighted by atomic mass is 9.89. The molecule has 16 rings (SSSR count). The second-order valence-electron chi connectivity index (χ2n) is 32.8. The van der Waals surface area contributed by atoms with E-state index in [0.717, 1.165) is 152 Å². The molecule has 0 heterocycles. The molecule has 0 fully saturated rings. The van der Waals surface area contributed by atoms with Gasteiger partial charge in [0, 0.05) is 51.6 Å². The van der Waals surface area contributed by atoms with Crippen LogP contribution in [0.5, 0.6) is 0 Å². The van der Waals surface area contributed by atoms with Gasteiger partial charge in [-0.25, -0.2) is 0 Å². The van der Waals surface area contributed by atoms with Gasteiger partial charge in [0.05, 0.1) is 159 Å². The van der Waals surface area contributed by atoms with E-state index in [-0.39, 0.29) is 91.3 Å². The SMILES string of the molecule is NCCOCCOCCOCCOCCOCCOCCC(=O)NC(Cc1ccc2ccc3cccc4ccc1c2c34)C(=O)NC(Cc1ccc2ccc3cccc4ccc1c2c34)C(=O)NC(Cc1ccc2ccc3cccc4ccc1c2c34)C(=O)NC(Cc1ccc2ccc3cccc4ccc1c2c34)C(=O)NCCOCCOCCOCCOCCOCCOCCC(N)=O. The van der Waals surface area contributed by atoms with Gasteiger partial charge in [0.2, 0.25) is 35.4 Å². The Hall–Kier alpha value is -12.0. The van der Waals surface area contributed by atoms with Gasteiger partial charge in [-0.15, -0.1) is 0 Å². The lowest BCUT2D eigenvalue weighted by molar-refractivity contribution is -0.134. The first-order chi connectivity index (χ1) is 64.4. The van der Waals surface area contributed by atoms with E-state index in [1.54, 1.807) is 0 Å². The molecule has 4 unspecified atom stereocenters. The minimum absolute atomic E-state index is 0.0136. The molecule has 0 saturated carbocycles. The van der Waals surface area contributed by atoms with E-state index in [1.165, 1.54) is 0 Å². The highest BCUT2D eigenvalue weighted by molar-refractivity contribution is 6.27. The van der Waals surface area contributed by atoms with Crippen molar-refractivity contribution >= 4 is 165 Å². The van der Waals surface area contributed by atoms with Crippen LogP contribution in [0.4, 0.5) is 0 Å². The number of primary amides is 1. The lowest BCUT2D eigenvalue weighted by Crippen LogP contribution is -2.59. The number of ether oxygens (including phenoxy) is 12. The summed E-state index contributed by atoms with van der Waals surface area (Å²) in [5.41, 5.74) is 13.7. The van der Waals surface area contributed by atoms with Crippen LogP contribution in [-0.2, 0) is 111 Å². The molecule has 0 bridgehead atoms. The number of nitrogens with two attached hydrogens (primary N) is 2.